The van der Waals surface area contributed by atoms with Crippen LogP contribution < -0.4 is 29.0 Å². The van der Waals surface area contributed by atoms with Crippen LogP contribution in [0.1, 0.15) is 10.4 Å². The smallest absolute Gasteiger partial charge is 0.493 e. The van der Waals surface area contributed by atoms with E-state index in [-0.39, 0.29) is 34.2 Å². The summed E-state index contributed by atoms with van der Waals surface area (Å²) in [4.78, 5) is 24.3. The number of anilines is 1. The molecule has 1 N–H and O–H groups in total. The summed E-state index contributed by atoms with van der Waals surface area (Å²) < 4.78 is 55.1. The Morgan fingerprint density at radius 2 is 1.60 bits per heavy atom. The molecule has 30 heavy (non-hydrogen) atoms. The van der Waals surface area contributed by atoms with Crippen LogP contribution in [0.15, 0.2) is 30.3 Å². The largest absolute Gasteiger partial charge is 0.586 e. The molecule has 9 nitrogen and oxygen atoms in total. The topological polar surface area (TPSA) is 102 Å². The average molecular weight is 425 g/mol. The summed E-state index contributed by atoms with van der Waals surface area (Å²) in [7, 11) is 4.20. The molecule has 0 atom stereocenters. The van der Waals surface area contributed by atoms with Gasteiger partial charge in [-0.1, -0.05) is 0 Å². The molecule has 0 radical (unpaired) electrons. The lowest BCUT2D eigenvalue weighted by atomic mass is 10.2. The van der Waals surface area contributed by atoms with Crippen LogP contribution in [0.2, 0.25) is 0 Å². The number of esters is 1. The van der Waals surface area contributed by atoms with Gasteiger partial charge in [-0.25, -0.2) is 4.79 Å². The predicted octanol–water partition coefficient (Wildman–Crippen LogP) is 2.83. The maximum atomic E-state index is 13.0. The number of fused-ring (bicyclic) bond motifs is 1. The van der Waals surface area contributed by atoms with Crippen LogP contribution in [0.3, 0.4) is 0 Å². The number of hydrogen-bond donors (Lipinski definition) is 1. The summed E-state index contributed by atoms with van der Waals surface area (Å²) >= 11 is 0. The van der Waals surface area contributed by atoms with Crippen molar-refractivity contribution in [3.63, 3.8) is 0 Å². The summed E-state index contributed by atoms with van der Waals surface area (Å²) in [6.07, 6.45) is -3.76. The number of carbonyl (C=O) groups is 2. The minimum absolute atomic E-state index is 0.0719. The van der Waals surface area contributed by atoms with Crippen molar-refractivity contribution >= 4 is 17.6 Å². The van der Waals surface area contributed by atoms with Crippen molar-refractivity contribution in [2.24, 2.45) is 0 Å². The monoisotopic (exact) mass is 425 g/mol. The van der Waals surface area contributed by atoms with E-state index in [0.717, 1.165) is 6.07 Å². The molecule has 0 unspecified atom stereocenters. The van der Waals surface area contributed by atoms with Crippen molar-refractivity contribution in [1.29, 1.82) is 0 Å². The summed E-state index contributed by atoms with van der Waals surface area (Å²) in [6, 6.07) is 6.46. The molecule has 0 bridgehead atoms. The summed E-state index contributed by atoms with van der Waals surface area (Å²) in [5, 5.41) is 2.40. The molecule has 3 rings (SSSR count). The van der Waals surface area contributed by atoms with E-state index in [0.29, 0.717) is 5.75 Å². The molecule has 0 fully saturated rings. The quantitative estimate of drug-likeness (QED) is 0.676. The van der Waals surface area contributed by atoms with Crippen molar-refractivity contribution in [1.82, 2.24) is 0 Å². The highest BCUT2D eigenvalue weighted by Crippen LogP contribution is 2.42. The average Bonchev–Trinajstić information content (AvgIpc) is 3.03. The SMILES string of the molecule is COc1cc(C(=O)OCC(=O)Nc2ccc3c(c2)OC(F)(F)O3)cc(OC)c1OC. The third-order valence-corrected chi connectivity index (χ3v) is 3.92. The number of alkyl halides is 2. The molecule has 0 saturated carbocycles. The molecule has 11 heteroatoms. The second-order valence-corrected chi connectivity index (χ2v) is 5.87. The summed E-state index contributed by atoms with van der Waals surface area (Å²) in [6.45, 7) is -0.625. The number of benzene rings is 2. The van der Waals surface area contributed by atoms with E-state index in [2.05, 4.69) is 14.8 Å². The Hall–Kier alpha value is -3.76. The zero-order valence-corrected chi connectivity index (χ0v) is 16.1. The maximum Gasteiger partial charge on any atom is 0.586 e. The van der Waals surface area contributed by atoms with Gasteiger partial charge in [0.25, 0.3) is 5.91 Å². The van der Waals surface area contributed by atoms with E-state index in [1.807, 2.05) is 0 Å². The highest BCUT2D eigenvalue weighted by atomic mass is 19.3. The Morgan fingerprint density at radius 1 is 0.967 bits per heavy atom. The third kappa shape index (κ3) is 4.45. The van der Waals surface area contributed by atoms with Crippen LogP contribution in [-0.4, -0.2) is 46.1 Å². The van der Waals surface area contributed by atoms with Gasteiger partial charge in [-0.05, 0) is 24.3 Å². The third-order valence-electron chi connectivity index (χ3n) is 3.92. The van der Waals surface area contributed by atoms with Gasteiger partial charge in [0.2, 0.25) is 5.75 Å². The van der Waals surface area contributed by atoms with Gasteiger partial charge in [0.15, 0.2) is 29.6 Å². The molecule has 2 aromatic rings. The van der Waals surface area contributed by atoms with Gasteiger partial charge in [0.05, 0.1) is 26.9 Å². The Labute approximate surface area is 169 Å². The number of carbonyl (C=O) groups excluding carboxylic acids is 2. The van der Waals surface area contributed by atoms with Crippen molar-refractivity contribution in [2.45, 2.75) is 6.29 Å². The van der Waals surface area contributed by atoms with Crippen LogP contribution in [0.4, 0.5) is 14.5 Å². The van der Waals surface area contributed by atoms with Gasteiger partial charge in [-0.15, -0.1) is 8.78 Å². The van der Waals surface area contributed by atoms with E-state index in [1.54, 1.807) is 0 Å². The highest BCUT2D eigenvalue weighted by Gasteiger charge is 2.43. The van der Waals surface area contributed by atoms with E-state index in [9.17, 15) is 18.4 Å². The normalized spacial score (nSPS) is 13.4. The fourth-order valence-electron chi connectivity index (χ4n) is 2.64. The van der Waals surface area contributed by atoms with Crippen molar-refractivity contribution in [3.05, 3.63) is 35.9 Å². The Balaban J connectivity index is 1.62. The molecule has 1 aliphatic heterocycles. The first-order valence-corrected chi connectivity index (χ1v) is 8.43. The Bertz CT molecular complexity index is 954. The lowest BCUT2D eigenvalue weighted by Gasteiger charge is -2.13. The number of ether oxygens (including phenoxy) is 6. The fraction of sp³-hybridized carbons (Fsp3) is 0.263. The second kappa shape index (κ2) is 8.31. The number of halogens is 2. The molecule has 2 aromatic carbocycles. The molecule has 1 aliphatic rings. The Morgan fingerprint density at radius 3 is 2.20 bits per heavy atom. The summed E-state index contributed by atoms with van der Waals surface area (Å²) in [5.74, 6) is -1.12. The number of amides is 1. The van der Waals surface area contributed by atoms with Crippen LogP contribution in [0, 0.1) is 0 Å². The van der Waals surface area contributed by atoms with Gasteiger partial charge in [0, 0.05) is 11.8 Å². The number of rotatable bonds is 7. The number of nitrogens with one attached hydrogen (secondary N) is 1. The molecule has 0 saturated heterocycles. The van der Waals surface area contributed by atoms with Gasteiger partial charge < -0.3 is 33.7 Å². The molecular weight excluding hydrogens is 408 g/mol. The Kier molecular flexibility index (Phi) is 5.81. The van der Waals surface area contributed by atoms with E-state index < -0.39 is 24.8 Å². The van der Waals surface area contributed by atoms with Gasteiger partial charge in [-0.2, -0.15) is 0 Å². The van der Waals surface area contributed by atoms with Crippen LogP contribution in [-0.2, 0) is 9.53 Å². The predicted molar refractivity (Wildman–Crippen MR) is 97.7 cm³/mol. The maximum absolute atomic E-state index is 13.0. The molecular formula is C19H17F2NO8. The van der Waals surface area contributed by atoms with Crippen molar-refractivity contribution in [3.8, 4) is 28.7 Å². The summed E-state index contributed by atoms with van der Waals surface area (Å²) in [5.41, 5.74) is 0.228. The first kappa shape index (κ1) is 21.0. The lowest BCUT2D eigenvalue weighted by Crippen LogP contribution is -2.25. The van der Waals surface area contributed by atoms with Gasteiger partial charge in [0.1, 0.15) is 0 Å². The van der Waals surface area contributed by atoms with Crippen LogP contribution in [0.25, 0.3) is 0 Å². The zero-order chi connectivity index (χ0) is 21.9. The van der Waals surface area contributed by atoms with Gasteiger partial charge >= 0.3 is 12.3 Å². The van der Waals surface area contributed by atoms with Crippen LogP contribution >= 0.6 is 0 Å². The van der Waals surface area contributed by atoms with Crippen LogP contribution in [0.5, 0.6) is 28.7 Å². The number of hydrogen-bond acceptors (Lipinski definition) is 8. The molecule has 0 spiro atoms. The molecule has 1 amide bonds. The first-order valence-electron chi connectivity index (χ1n) is 8.43. The standard InChI is InChI=1S/C19H17F2NO8/c1-25-14-6-10(7-15(26-2)17(14)27-3)18(24)28-9-16(23)22-11-4-5-12-13(8-11)30-19(20,21)29-12/h4-8H,9H2,1-3H3,(H,22,23). The number of methoxy groups -OCH3 is 3. The fourth-order valence-corrected chi connectivity index (χ4v) is 2.64. The molecule has 0 aromatic heterocycles. The first-order chi connectivity index (χ1) is 14.3. The molecule has 160 valence electrons. The molecule has 0 aliphatic carbocycles. The lowest BCUT2D eigenvalue weighted by molar-refractivity contribution is -0.286. The van der Waals surface area contributed by atoms with E-state index in [4.69, 9.17) is 18.9 Å². The van der Waals surface area contributed by atoms with Gasteiger partial charge in [-0.3, -0.25) is 4.79 Å². The minimum Gasteiger partial charge on any atom is -0.493 e. The second-order valence-electron chi connectivity index (χ2n) is 5.87. The van der Waals surface area contributed by atoms with E-state index >= 15 is 0 Å². The van der Waals surface area contributed by atoms with Crippen molar-refractivity contribution < 1.29 is 46.8 Å². The minimum atomic E-state index is -3.76. The zero-order valence-electron chi connectivity index (χ0n) is 16.1. The highest BCUT2D eigenvalue weighted by molar-refractivity contribution is 5.96. The van der Waals surface area contributed by atoms with Crippen molar-refractivity contribution in [2.75, 3.05) is 33.3 Å². The van der Waals surface area contributed by atoms with E-state index in [1.165, 1.54) is 45.6 Å². The molecule has 1 heterocycles.